The summed E-state index contributed by atoms with van der Waals surface area (Å²) in [4.78, 5) is 3.17. The molecule has 0 bridgehead atoms. The lowest BCUT2D eigenvalue weighted by atomic mass is 10.0. The van der Waals surface area contributed by atoms with Crippen molar-refractivity contribution in [2.45, 2.75) is 23.8 Å². The van der Waals surface area contributed by atoms with Gasteiger partial charge in [-0.3, -0.25) is 0 Å². The summed E-state index contributed by atoms with van der Waals surface area (Å²) in [7, 11) is 0. The van der Waals surface area contributed by atoms with Crippen LogP contribution >= 0.6 is 11.8 Å². The van der Waals surface area contributed by atoms with Gasteiger partial charge in [0, 0.05) is 23.7 Å². The van der Waals surface area contributed by atoms with Crippen molar-refractivity contribution < 1.29 is 10.3 Å². The summed E-state index contributed by atoms with van der Waals surface area (Å²) in [6, 6.07) is 5.91. The summed E-state index contributed by atoms with van der Waals surface area (Å²) in [5.41, 5.74) is 7.55. The van der Waals surface area contributed by atoms with Gasteiger partial charge in [-0.25, -0.2) is 0 Å². The molecule has 1 aromatic carbocycles. The van der Waals surface area contributed by atoms with Crippen molar-refractivity contribution in [3.8, 4) is 0 Å². The second-order valence-corrected chi connectivity index (χ2v) is 5.41. The van der Waals surface area contributed by atoms with E-state index in [-0.39, 0.29) is 11.9 Å². The lowest BCUT2D eigenvalue weighted by Gasteiger charge is -2.33. The Morgan fingerprint density at radius 1 is 1.42 bits per heavy atom. The third-order valence-corrected chi connectivity index (χ3v) is 4.17. The number of oxime groups is 1. The molecule has 0 saturated carbocycles. The Kier molecular flexibility index (Phi) is 4.55. The van der Waals surface area contributed by atoms with Crippen molar-refractivity contribution in [1.82, 2.24) is 0 Å². The Balaban J connectivity index is 2.39. The van der Waals surface area contributed by atoms with Gasteiger partial charge in [0.25, 0.3) is 0 Å². The van der Waals surface area contributed by atoms with Crippen LogP contribution in [0.4, 0.5) is 5.69 Å². The van der Waals surface area contributed by atoms with E-state index in [0.717, 1.165) is 42.1 Å². The molecule has 0 unspecified atom stereocenters. The molecule has 1 aliphatic rings. The zero-order valence-electron chi connectivity index (χ0n) is 10.9. The van der Waals surface area contributed by atoms with Crippen LogP contribution in [-0.4, -0.2) is 41.6 Å². The monoisotopic (exact) mass is 281 g/mol. The van der Waals surface area contributed by atoms with Crippen LogP contribution in [0.2, 0.25) is 0 Å². The molecule has 0 atom stereocenters. The fraction of sp³-hybridized carbons (Fsp3) is 0.462. The Morgan fingerprint density at radius 3 is 2.68 bits per heavy atom. The van der Waals surface area contributed by atoms with Gasteiger partial charge in [0.1, 0.15) is 0 Å². The molecule has 0 aliphatic carbocycles. The molecule has 104 valence electrons. The highest BCUT2D eigenvalue weighted by Crippen LogP contribution is 2.31. The van der Waals surface area contributed by atoms with Crippen molar-refractivity contribution in [2.24, 2.45) is 10.9 Å². The zero-order valence-corrected chi connectivity index (χ0v) is 11.7. The van der Waals surface area contributed by atoms with Crippen LogP contribution in [0.15, 0.2) is 28.3 Å². The Morgan fingerprint density at radius 2 is 2.11 bits per heavy atom. The predicted octanol–water partition coefficient (Wildman–Crippen LogP) is 1.46. The minimum atomic E-state index is -0.215. The van der Waals surface area contributed by atoms with Gasteiger partial charge in [-0.15, -0.1) is 11.8 Å². The first-order valence-corrected chi connectivity index (χ1v) is 7.47. The van der Waals surface area contributed by atoms with Gasteiger partial charge in [-0.1, -0.05) is 11.2 Å². The van der Waals surface area contributed by atoms with Crippen LogP contribution in [0.1, 0.15) is 18.4 Å². The van der Waals surface area contributed by atoms with Crippen LogP contribution < -0.4 is 10.6 Å². The Labute approximate surface area is 117 Å². The third kappa shape index (κ3) is 2.96. The molecular weight excluding hydrogens is 262 g/mol. The standard InChI is InChI=1S/C13H19N3O2S/c1-19-11-4-2-3-10(12(11)13(14)15-18)16-7-5-9(17)6-8-16/h2-4,9,17-18H,5-8H2,1H3,(H2,14,15). The lowest BCUT2D eigenvalue weighted by Crippen LogP contribution is -2.37. The van der Waals surface area contributed by atoms with E-state index >= 15 is 0 Å². The first-order valence-electron chi connectivity index (χ1n) is 6.25. The molecule has 0 aromatic heterocycles. The quantitative estimate of drug-likeness (QED) is 0.257. The van der Waals surface area contributed by atoms with E-state index < -0.39 is 0 Å². The topological polar surface area (TPSA) is 82.1 Å². The molecule has 0 radical (unpaired) electrons. The van der Waals surface area contributed by atoms with Crippen LogP contribution in [-0.2, 0) is 0 Å². The Hall–Kier alpha value is -1.40. The van der Waals surface area contributed by atoms with Gasteiger partial charge in [-0.2, -0.15) is 0 Å². The zero-order chi connectivity index (χ0) is 13.8. The molecule has 5 nitrogen and oxygen atoms in total. The maximum Gasteiger partial charge on any atom is 0.173 e. The first-order chi connectivity index (χ1) is 9.17. The number of hydrogen-bond acceptors (Lipinski definition) is 5. The molecule has 0 spiro atoms. The third-order valence-electron chi connectivity index (χ3n) is 3.39. The highest BCUT2D eigenvalue weighted by molar-refractivity contribution is 7.98. The lowest BCUT2D eigenvalue weighted by molar-refractivity contribution is 0.145. The summed E-state index contributed by atoms with van der Waals surface area (Å²) < 4.78 is 0. The molecule has 1 fully saturated rings. The molecule has 19 heavy (non-hydrogen) atoms. The smallest absolute Gasteiger partial charge is 0.173 e. The normalized spacial score (nSPS) is 17.8. The van der Waals surface area contributed by atoms with Crippen molar-refractivity contribution in [2.75, 3.05) is 24.2 Å². The molecule has 1 aromatic rings. The van der Waals surface area contributed by atoms with E-state index in [1.807, 2.05) is 24.5 Å². The van der Waals surface area contributed by atoms with E-state index in [0.29, 0.717) is 0 Å². The maximum atomic E-state index is 9.58. The second kappa shape index (κ2) is 6.16. The van der Waals surface area contributed by atoms with E-state index in [1.54, 1.807) is 11.8 Å². The largest absolute Gasteiger partial charge is 0.409 e. The van der Waals surface area contributed by atoms with E-state index in [9.17, 15) is 5.11 Å². The molecule has 0 amide bonds. The SMILES string of the molecule is CSc1cccc(N2CCC(O)CC2)c1/C(N)=N/O. The number of piperidine rings is 1. The highest BCUT2D eigenvalue weighted by Gasteiger charge is 2.22. The summed E-state index contributed by atoms with van der Waals surface area (Å²) in [6.45, 7) is 1.56. The average molecular weight is 281 g/mol. The molecular formula is C13H19N3O2S. The van der Waals surface area contributed by atoms with E-state index in [2.05, 4.69) is 10.1 Å². The van der Waals surface area contributed by atoms with Crippen molar-refractivity contribution in [3.63, 3.8) is 0 Å². The van der Waals surface area contributed by atoms with Gasteiger partial charge in [-0.05, 0) is 31.2 Å². The number of hydrogen-bond donors (Lipinski definition) is 3. The molecule has 1 heterocycles. The number of amidine groups is 1. The van der Waals surface area contributed by atoms with Crippen molar-refractivity contribution in [1.29, 1.82) is 0 Å². The van der Waals surface area contributed by atoms with Gasteiger partial charge in [0.2, 0.25) is 0 Å². The molecule has 1 aliphatic heterocycles. The van der Waals surface area contributed by atoms with Crippen LogP contribution in [0.25, 0.3) is 0 Å². The number of nitrogens with two attached hydrogens (primary N) is 1. The van der Waals surface area contributed by atoms with E-state index in [1.165, 1.54) is 0 Å². The van der Waals surface area contributed by atoms with Crippen LogP contribution in [0.3, 0.4) is 0 Å². The second-order valence-electron chi connectivity index (χ2n) is 4.56. The molecule has 6 heteroatoms. The minimum Gasteiger partial charge on any atom is -0.409 e. The number of aliphatic hydroxyl groups is 1. The van der Waals surface area contributed by atoms with Crippen LogP contribution in [0, 0.1) is 0 Å². The summed E-state index contributed by atoms with van der Waals surface area (Å²) in [5.74, 6) is 0.131. The fourth-order valence-corrected chi connectivity index (χ4v) is 3.00. The predicted molar refractivity (Wildman–Crippen MR) is 78.2 cm³/mol. The number of nitrogens with zero attached hydrogens (tertiary/aromatic N) is 2. The molecule has 2 rings (SSSR count). The number of rotatable bonds is 3. The van der Waals surface area contributed by atoms with Crippen molar-refractivity contribution >= 4 is 23.3 Å². The van der Waals surface area contributed by atoms with Gasteiger partial charge in [0.15, 0.2) is 5.84 Å². The molecule has 1 saturated heterocycles. The fourth-order valence-electron chi connectivity index (χ4n) is 2.37. The van der Waals surface area contributed by atoms with Gasteiger partial charge < -0.3 is 20.9 Å². The van der Waals surface area contributed by atoms with Gasteiger partial charge >= 0.3 is 0 Å². The number of aliphatic hydroxyl groups excluding tert-OH is 1. The highest BCUT2D eigenvalue weighted by atomic mass is 32.2. The van der Waals surface area contributed by atoms with Gasteiger partial charge in [0.05, 0.1) is 11.7 Å². The summed E-state index contributed by atoms with van der Waals surface area (Å²) in [6.07, 6.45) is 3.25. The first kappa shape index (κ1) is 14.0. The number of anilines is 1. The van der Waals surface area contributed by atoms with Crippen LogP contribution in [0.5, 0.6) is 0 Å². The minimum absolute atomic E-state index is 0.131. The summed E-state index contributed by atoms with van der Waals surface area (Å²) in [5, 5.41) is 21.7. The maximum absolute atomic E-state index is 9.58. The average Bonchev–Trinajstić information content (AvgIpc) is 2.46. The summed E-state index contributed by atoms with van der Waals surface area (Å²) >= 11 is 1.57. The van der Waals surface area contributed by atoms with E-state index in [4.69, 9.17) is 10.9 Å². The number of thioether (sulfide) groups is 1. The molecule has 4 N–H and O–H groups in total. The number of benzene rings is 1. The van der Waals surface area contributed by atoms with Crippen molar-refractivity contribution in [3.05, 3.63) is 23.8 Å². The Bertz CT molecular complexity index is 471.